The molecule has 1 fully saturated rings. The number of sulfone groups is 1. The molecule has 0 spiro atoms. The maximum atomic E-state index is 12.7. The van der Waals surface area contributed by atoms with Crippen LogP contribution < -0.4 is 4.74 Å². The lowest BCUT2D eigenvalue weighted by Crippen LogP contribution is -2.45. The van der Waals surface area contributed by atoms with E-state index >= 15 is 0 Å². The van der Waals surface area contributed by atoms with Crippen LogP contribution in [0, 0.1) is 0 Å². The van der Waals surface area contributed by atoms with Gasteiger partial charge in [-0.25, -0.2) is 18.4 Å². The first kappa shape index (κ1) is 21.5. The summed E-state index contributed by atoms with van der Waals surface area (Å²) in [7, 11) is -3.31. The Bertz CT molecular complexity index is 947. The van der Waals surface area contributed by atoms with Crippen LogP contribution in [0.1, 0.15) is 32.3 Å². The maximum Gasteiger partial charge on any atom is 0.316 e. The summed E-state index contributed by atoms with van der Waals surface area (Å²) in [5.41, 5.74) is 0.779. The minimum Gasteiger partial charge on any atom is -0.458 e. The number of hydrogen-bond donors (Lipinski definition) is 0. The van der Waals surface area contributed by atoms with E-state index in [1.807, 2.05) is 0 Å². The fourth-order valence-corrected chi connectivity index (χ4v) is 4.28. The second kappa shape index (κ2) is 9.09. The Balaban J connectivity index is 1.59. The van der Waals surface area contributed by atoms with Crippen molar-refractivity contribution in [3.05, 3.63) is 47.2 Å². The number of piperidine rings is 1. The summed E-state index contributed by atoms with van der Waals surface area (Å²) < 4.78 is 30.2. The Labute approximate surface area is 176 Å². The minimum absolute atomic E-state index is 0.0187. The first-order valence-electron chi connectivity index (χ1n) is 9.50. The van der Waals surface area contributed by atoms with Crippen LogP contribution in [0.4, 0.5) is 0 Å². The van der Waals surface area contributed by atoms with Crippen LogP contribution in [0.25, 0.3) is 0 Å². The van der Waals surface area contributed by atoms with E-state index in [0.717, 1.165) is 18.4 Å². The standard InChI is InChI=1S/C20H24ClN3O4S/c1-14(2)29(26,27)18-7-5-15(6-8-18)10-19(25)24-9-3-4-17(13-24)28-20-22-11-16(21)12-23-20/h5-8,11-12,14,17H,3-4,9-10,13H2,1-2H3/t17-/m1/s1. The Morgan fingerprint density at radius 2 is 1.90 bits per heavy atom. The number of aromatic nitrogens is 2. The number of nitrogens with zero attached hydrogens (tertiary/aromatic N) is 3. The molecule has 0 radical (unpaired) electrons. The average molecular weight is 438 g/mol. The zero-order chi connectivity index (χ0) is 21.0. The summed E-state index contributed by atoms with van der Waals surface area (Å²) in [4.78, 5) is 22.8. The molecule has 156 valence electrons. The molecule has 2 aromatic rings. The first-order valence-corrected chi connectivity index (χ1v) is 11.4. The number of amides is 1. The van der Waals surface area contributed by atoms with Gasteiger partial charge in [0.2, 0.25) is 5.91 Å². The molecule has 3 rings (SSSR count). The molecule has 0 unspecified atom stereocenters. The van der Waals surface area contributed by atoms with Gasteiger partial charge in [0.1, 0.15) is 6.10 Å². The van der Waals surface area contributed by atoms with E-state index in [-0.39, 0.29) is 29.3 Å². The molecule has 1 aromatic carbocycles. The van der Waals surface area contributed by atoms with Crippen molar-refractivity contribution in [2.24, 2.45) is 0 Å². The molecule has 29 heavy (non-hydrogen) atoms. The lowest BCUT2D eigenvalue weighted by molar-refractivity contribution is -0.133. The number of carbonyl (C=O) groups is 1. The monoisotopic (exact) mass is 437 g/mol. The van der Waals surface area contributed by atoms with E-state index in [2.05, 4.69) is 9.97 Å². The fraction of sp³-hybridized carbons (Fsp3) is 0.450. The van der Waals surface area contributed by atoms with Crippen molar-refractivity contribution in [1.29, 1.82) is 0 Å². The topological polar surface area (TPSA) is 89.5 Å². The molecule has 1 atom stereocenters. The molecular formula is C20H24ClN3O4S. The van der Waals surface area contributed by atoms with Gasteiger partial charge in [-0.15, -0.1) is 0 Å². The molecule has 1 amide bonds. The highest BCUT2D eigenvalue weighted by atomic mass is 35.5. The van der Waals surface area contributed by atoms with Crippen molar-refractivity contribution in [3.8, 4) is 6.01 Å². The van der Waals surface area contributed by atoms with Crippen molar-refractivity contribution < 1.29 is 17.9 Å². The number of likely N-dealkylation sites (tertiary alicyclic amines) is 1. The molecule has 1 aliphatic rings. The second-order valence-corrected chi connectivity index (χ2v) is 10.3. The van der Waals surface area contributed by atoms with Crippen LogP contribution in [0.2, 0.25) is 5.02 Å². The van der Waals surface area contributed by atoms with Crippen LogP contribution in [-0.2, 0) is 21.1 Å². The molecule has 7 nitrogen and oxygen atoms in total. The van der Waals surface area contributed by atoms with Crippen molar-refractivity contribution in [3.63, 3.8) is 0 Å². The van der Waals surface area contributed by atoms with Crippen LogP contribution >= 0.6 is 11.6 Å². The van der Waals surface area contributed by atoms with Crippen LogP contribution in [0.15, 0.2) is 41.6 Å². The van der Waals surface area contributed by atoms with Gasteiger partial charge >= 0.3 is 6.01 Å². The second-order valence-electron chi connectivity index (χ2n) is 7.32. The van der Waals surface area contributed by atoms with Crippen LogP contribution in [-0.4, -0.2) is 53.6 Å². The predicted molar refractivity (Wildman–Crippen MR) is 110 cm³/mol. The maximum absolute atomic E-state index is 12.7. The summed E-state index contributed by atoms with van der Waals surface area (Å²) in [5.74, 6) is -0.0187. The third-order valence-corrected chi connectivity index (χ3v) is 7.19. The number of carbonyl (C=O) groups excluding carboxylic acids is 1. The zero-order valence-electron chi connectivity index (χ0n) is 16.4. The summed E-state index contributed by atoms with van der Waals surface area (Å²) in [6.07, 6.45) is 4.63. The quantitative estimate of drug-likeness (QED) is 0.690. The number of halogens is 1. The fourth-order valence-electron chi connectivity index (χ4n) is 3.13. The van der Waals surface area contributed by atoms with Gasteiger partial charge in [0, 0.05) is 6.54 Å². The van der Waals surface area contributed by atoms with Crippen LogP contribution in [0.3, 0.4) is 0 Å². The van der Waals surface area contributed by atoms with Crippen molar-refractivity contribution >= 4 is 27.3 Å². The smallest absolute Gasteiger partial charge is 0.316 e. The van der Waals surface area contributed by atoms with Gasteiger partial charge in [-0.1, -0.05) is 23.7 Å². The summed E-state index contributed by atoms with van der Waals surface area (Å²) in [6.45, 7) is 4.43. The summed E-state index contributed by atoms with van der Waals surface area (Å²) in [6, 6.07) is 6.78. The number of ether oxygens (including phenoxy) is 1. The lowest BCUT2D eigenvalue weighted by Gasteiger charge is -2.32. The molecule has 9 heteroatoms. The van der Waals surface area contributed by atoms with Crippen molar-refractivity contribution in [2.45, 2.75) is 49.4 Å². The molecule has 2 heterocycles. The largest absolute Gasteiger partial charge is 0.458 e. The third kappa shape index (κ3) is 5.45. The molecule has 0 N–H and O–H groups in total. The van der Waals surface area contributed by atoms with Gasteiger partial charge in [0.05, 0.1) is 40.5 Å². The molecule has 1 saturated heterocycles. The SMILES string of the molecule is CC(C)S(=O)(=O)c1ccc(CC(=O)N2CCC[C@@H](Oc3ncc(Cl)cn3)C2)cc1. The Kier molecular flexibility index (Phi) is 6.74. The highest BCUT2D eigenvalue weighted by molar-refractivity contribution is 7.92. The van der Waals surface area contributed by atoms with Gasteiger partial charge in [-0.3, -0.25) is 4.79 Å². The van der Waals surface area contributed by atoms with E-state index in [4.69, 9.17) is 16.3 Å². The minimum atomic E-state index is -3.31. The Morgan fingerprint density at radius 1 is 1.24 bits per heavy atom. The highest BCUT2D eigenvalue weighted by Crippen LogP contribution is 2.19. The summed E-state index contributed by atoms with van der Waals surface area (Å²) >= 11 is 5.78. The van der Waals surface area contributed by atoms with Gasteiger partial charge in [-0.05, 0) is 44.4 Å². The van der Waals surface area contributed by atoms with E-state index in [1.54, 1.807) is 43.0 Å². The van der Waals surface area contributed by atoms with Gasteiger partial charge < -0.3 is 9.64 Å². The first-order chi connectivity index (χ1) is 13.8. The van der Waals surface area contributed by atoms with E-state index in [9.17, 15) is 13.2 Å². The number of benzene rings is 1. The number of rotatable bonds is 6. The summed E-state index contributed by atoms with van der Waals surface area (Å²) in [5, 5.41) is -0.0464. The molecule has 0 aliphatic carbocycles. The van der Waals surface area contributed by atoms with E-state index < -0.39 is 15.1 Å². The van der Waals surface area contributed by atoms with Gasteiger partial charge in [0.25, 0.3) is 0 Å². The molecule has 0 saturated carbocycles. The molecule has 1 aliphatic heterocycles. The van der Waals surface area contributed by atoms with Crippen LogP contribution in [0.5, 0.6) is 6.01 Å². The number of hydrogen-bond acceptors (Lipinski definition) is 6. The third-order valence-electron chi connectivity index (χ3n) is 4.83. The van der Waals surface area contributed by atoms with E-state index in [1.165, 1.54) is 12.4 Å². The average Bonchev–Trinajstić information content (AvgIpc) is 2.70. The Hall–Kier alpha value is -2.19. The van der Waals surface area contributed by atoms with Gasteiger partial charge in [-0.2, -0.15) is 0 Å². The highest BCUT2D eigenvalue weighted by Gasteiger charge is 2.26. The zero-order valence-corrected chi connectivity index (χ0v) is 18.0. The van der Waals surface area contributed by atoms with Crippen molar-refractivity contribution in [1.82, 2.24) is 14.9 Å². The lowest BCUT2D eigenvalue weighted by atomic mass is 10.1. The van der Waals surface area contributed by atoms with Crippen molar-refractivity contribution in [2.75, 3.05) is 13.1 Å². The molecular weight excluding hydrogens is 414 g/mol. The Morgan fingerprint density at radius 3 is 2.52 bits per heavy atom. The van der Waals surface area contributed by atoms with E-state index in [0.29, 0.717) is 18.1 Å². The normalized spacial score (nSPS) is 17.4. The predicted octanol–water partition coefficient (Wildman–Crippen LogP) is 2.92. The molecule has 0 bridgehead atoms. The molecule has 1 aromatic heterocycles. The van der Waals surface area contributed by atoms with Gasteiger partial charge in [0.15, 0.2) is 9.84 Å².